The zero-order chi connectivity index (χ0) is 13.1. The molecule has 6 heteroatoms. The average molecular weight is 305 g/mol. The van der Waals surface area contributed by atoms with Crippen molar-refractivity contribution in [1.29, 1.82) is 0 Å². The van der Waals surface area contributed by atoms with Gasteiger partial charge in [0.2, 0.25) is 5.78 Å². The first kappa shape index (κ1) is 14.3. The van der Waals surface area contributed by atoms with Crippen LogP contribution in [0.2, 0.25) is 0 Å². The molecule has 0 bridgehead atoms. The summed E-state index contributed by atoms with van der Waals surface area (Å²) in [6.45, 7) is 4.50. The molecule has 0 saturated heterocycles. The highest BCUT2D eigenvalue weighted by Crippen LogP contribution is 2.23. The van der Waals surface area contributed by atoms with Gasteiger partial charge in [-0.1, -0.05) is 0 Å². The number of carbonyl (C=O) groups excluding carboxylic acids is 1. The molecule has 96 valence electrons. The number of aromatic nitrogens is 2. The number of hydrogen-bond donors (Lipinski definition) is 0. The molecular weight excluding hydrogens is 288 g/mol. The lowest BCUT2D eigenvalue weighted by Gasteiger charge is -2.21. The summed E-state index contributed by atoms with van der Waals surface area (Å²) in [7, 11) is 3.13. The van der Waals surface area contributed by atoms with Crippen molar-refractivity contribution < 1.29 is 14.3 Å². The van der Waals surface area contributed by atoms with E-state index in [1.54, 1.807) is 31.8 Å². The predicted molar refractivity (Wildman–Crippen MR) is 67.2 cm³/mol. The largest absolute Gasteiger partial charge is 0.383 e. The Morgan fingerprint density at radius 3 is 2.71 bits per heavy atom. The molecule has 0 amide bonds. The highest BCUT2D eigenvalue weighted by molar-refractivity contribution is 9.10. The predicted octanol–water partition coefficient (Wildman–Crippen LogP) is 1.90. The maximum Gasteiger partial charge on any atom is 0.213 e. The van der Waals surface area contributed by atoms with Gasteiger partial charge >= 0.3 is 0 Å². The molecule has 5 nitrogen and oxygen atoms in total. The third-order valence-electron chi connectivity index (χ3n) is 2.57. The third kappa shape index (κ3) is 3.14. The molecule has 0 aliphatic rings. The second-order valence-corrected chi connectivity index (χ2v) is 4.95. The smallest absolute Gasteiger partial charge is 0.213 e. The second-order valence-electron chi connectivity index (χ2n) is 4.10. The van der Waals surface area contributed by atoms with Gasteiger partial charge in [0.15, 0.2) is 0 Å². The van der Waals surface area contributed by atoms with Crippen LogP contribution in [0, 0.1) is 0 Å². The van der Waals surface area contributed by atoms with Crippen molar-refractivity contribution in [2.45, 2.75) is 26.0 Å². The van der Waals surface area contributed by atoms with Crippen molar-refractivity contribution in [2.75, 3.05) is 20.8 Å². The van der Waals surface area contributed by atoms with Crippen molar-refractivity contribution in [3.05, 3.63) is 16.4 Å². The van der Waals surface area contributed by atoms with Gasteiger partial charge in [-0.05, 0) is 29.8 Å². The summed E-state index contributed by atoms with van der Waals surface area (Å²) in [5.41, 5.74) is -0.359. The molecule has 0 unspecified atom stereocenters. The number of rotatable bonds is 6. The Hall–Kier alpha value is -0.720. The quantitative estimate of drug-likeness (QED) is 0.753. The first-order valence-corrected chi connectivity index (χ1v) is 6.03. The lowest BCUT2D eigenvalue weighted by atomic mass is 10.0. The van der Waals surface area contributed by atoms with Gasteiger partial charge in [0.25, 0.3) is 0 Å². The fourth-order valence-electron chi connectivity index (χ4n) is 1.31. The van der Waals surface area contributed by atoms with E-state index in [1.165, 1.54) is 7.11 Å². The topological polar surface area (TPSA) is 53.4 Å². The first-order chi connectivity index (χ1) is 7.94. The molecule has 0 spiro atoms. The van der Waals surface area contributed by atoms with Gasteiger partial charge in [0.05, 0.1) is 23.8 Å². The molecule has 1 heterocycles. The molecule has 0 aliphatic heterocycles. The number of carbonyl (C=O) groups is 1. The van der Waals surface area contributed by atoms with Crippen LogP contribution in [-0.4, -0.2) is 42.0 Å². The minimum atomic E-state index is -0.868. The van der Waals surface area contributed by atoms with Crippen molar-refractivity contribution in [3.8, 4) is 0 Å². The monoisotopic (exact) mass is 304 g/mol. The number of Topliss-reactive ketones (excluding diaryl/α,β-unsaturated/α-hetero) is 1. The molecule has 0 aliphatic carbocycles. The number of nitrogens with zero attached hydrogens (tertiary/aromatic N) is 2. The molecule has 0 fully saturated rings. The molecule has 0 atom stereocenters. The highest BCUT2D eigenvalue weighted by atomic mass is 79.9. The van der Waals surface area contributed by atoms with E-state index in [9.17, 15) is 4.79 Å². The standard InChI is InChI=1S/C11H17BrN2O3/c1-11(2,17-4)10(15)9-8(12)7-13-14(9)5-6-16-3/h7H,5-6H2,1-4H3. The highest BCUT2D eigenvalue weighted by Gasteiger charge is 2.32. The van der Waals surface area contributed by atoms with Crippen molar-refractivity contribution >= 4 is 21.7 Å². The number of hydrogen-bond acceptors (Lipinski definition) is 4. The Bertz CT molecular complexity index is 401. The first-order valence-electron chi connectivity index (χ1n) is 5.24. The lowest BCUT2D eigenvalue weighted by molar-refractivity contribution is 0.0216. The third-order valence-corrected chi connectivity index (χ3v) is 3.15. The summed E-state index contributed by atoms with van der Waals surface area (Å²) in [5, 5.41) is 4.14. The maximum absolute atomic E-state index is 12.3. The number of ketones is 1. The van der Waals surface area contributed by atoms with Crippen LogP contribution >= 0.6 is 15.9 Å². The molecule has 1 rings (SSSR count). The van der Waals surface area contributed by atoms with Gasteiger partial charge < -0.3 is 9.47 Å². The summed E-state index contributed by atoms with van der Waals surface area (Å²) in [5.74, 6) is -0.111. The summed E-state index contributed by atoms with van der Waals surface area (Å²) < 4.78 is 12.5. The van der Waals surface area contributed by atoms with Crippen molar-refractivity contribution in [2.24, 2.45) is 0 Å². The van der Waals surface area contributed by atoms with Crippen LogP contribution in [0.15, 0.2) is 10.7 Å². The van der Waals surface area contributed by atoms with Gasteiger partial charge in [-0.3, -0.25) is 9.48 Å². The summed E-state index contributed by atoms with van der Waals surface area (Å²) in [4.78, 5) is 12.3. The van der Waals surface area contributed by atoms with E-state index in [0.29, 0.717) is 23.3 Å². The van der Waals surface area contributed by atoms with Crippen LogP contribution < -0.4 is 0 Å². The Morgan fingerprint density at radius 2 is 2.18 bits per heavy atom. The Labute approximate surface area is 109 Å². The Balaban J connectivity index is 3.03. The minimum Gasteiger partial charge on any atom is -0.383 e. The fourth-order valence-corrected chi connectivity index (χ4v) is 1.79. The van der Waals surface area contributed by atoms with Crippen LogP contribution in [0.25, 0.3) is 0 Å². The summed E-state index contributed by atoms with van der Waals surface area (Å²) in [6.07, 6.45) is 1.61. The molecule has 1 aromatic heterocycles. The van der Waals surface area contributed by atoms with Crippen LogP contribution in [0.5, 0.6) is 0 Å². The number of ether oxygens (including phenoxy) is 2. The van der Waals surface area contributed by atoms with Gasteiger partial charge in [-0.15, -0.1) is 0 Å². The van der Waals surface area contributed by atoms with E-state index >= 15 is 0 Å². The number of methoxy groups -OCH3 is 2. The van der Waals surface area contributed by atoms with Crippen LogP contribution in [0.1, 0.15) is 24.3 Å². The van der Waals surface area contributed by atoms with Gasteiger partial charge in [0.1, 0.15) is 11.3 Å². The zero-order valence-electron chi connectivity index (χ0n) is 10.5. The van der Waals surface area contributed by atoms with Crippen molar-refractivity contribution in [3.63, 3.8) is 0 Å². The molecule has 17 heavy (non-hydrogen) atoms. The van der Waals surface area contributed by atoms with Crippen LogP contribution in [0.3, 0.4) is 0 Å². The van der Waals surface area contributed by atoms with Crippen LogP contribution in [-0.2, 0) is 16.0 Å². The van der Waals surface area contributed by atoms with E-state index in [0.717, 1.165) is 0 Å². The van der Waals surface area contributed by atoms with E-state index in [2.05, 4.69) is 21.0 Å². The molecule has 0 N–H and O–H groups in total. The Kier molecular flexibility index (Phi) is 4.85. The zero-order valence-corrected chi connectivity index (χ0v) is 12.1. The lowest BCUT2D eigenvalue weighted by Crippen LogP contribution is -2.35. The molecule has 0 saturated carbocycles. The van der Waals surface area contributed by atoms with Gasteiger partial charge in [-0.25, -0.2) is 0 Å². The molecule has 0 aromatic carbocycles. The van der Waals surface area contributed by atoms with E-state index < -0.39 is 5.60 Å². The minimum absolute atomic E-state index is 0.111. The fraction of sp³-hybridized carbons (Fsp3) is 0.636. The molecule has 0 radical (unpaired) electrons. The molecule has 1 aromatic rings. The number of halogens is 1. The van der Waals surface area contributed by atoms with E-state index in [1.807, 2.05) is 0 Å². The average Bonchev–Trinajstić information content (AvgIpc) is 2.66. The Morgan fingerprint density at radius 1 is 1.53 bits per heavy atom. The van der Waals surface area contributed by atoms with Gasteiger partial charge in [-0.2, -0.15) is 5.10 Å². The summed E-state index contributed by atoms with van der Waals surface area (Å²) >= 11 is 3.33. The van der Waals surface area contributed by atoms with Crippen LogP contribution in [0.4, 0.5) is 0 Å². The second kappa shape index (κ2) is 5.75. The summed E-state index contributed by atoms with van der Waals surface area (Å²) in [6, 6.07) is 0. The van der Waals surface area contributed by atoms with E-state index in [4.69, 9.17) is 9.47 Å². The maximum atomic E-state index is 12.3. The van der Waals surface area contributed by atoms with E-state index in [-0.39, 0.29) is 5.78 Å². The SMILES string of the molecule is COCCn1ncc(Br)c1C(=O)C(C)(C)OC. The normalized spacial score (nSPS) is 11.8. The molecular formula is C11H17BrN2O3. The van der Waals surface area contributed by atoms with Gasteiger partial charge in [0, 0.05) is 14.2 Å². The van der Waals surface area contributed by atoms with Crippen molar-refractivity contribution in [1.82, 2.24) is 9.78 Å².